The van der Waals surface area contributed by atoms with E-state index in [1.807, 2.05) is 42.5 Å². The number of hydrogen-bond acceptors (Lipinski definition) is 5. The van der Waals surface area contributed by atoms with E-state index in [2.05, 4.69) is 4.98 Å². The number of nitrogens with zero attached hydrogens (tertiary/aromatic N) is 2. The van der Waals surface area contributed by atoms with Gasteiger partial charge in [-0.15, -0.1) is 0 Å². The Hall–Kier alpha value is -2.18. The molecule has 0 radical (unpaired) electrons. The second-order valence-electron chi connectivity index (χ2n) is 4.90. The number of thiocarbonyl (C=S) groups is 1. The first-order chi connectivity index (χ1) is 11.2. The number of thioether (sulfide) groups is 1. The van der Waals surface area contributed by atoms with Gasteiger partial charge >= 0.3 is 0 Å². The quantitative estimate of drug-likeness (QED) is 0.628. The molecule has 0 N–H and O–H groups in total. The van der Waals surface area contributed by atoms with Gasteiger partial charge in [-0.25, -0.2) is 0 Å². The summed E-state index contributed by atoms with van der Waals surface area (Å²) in [6.45, 7) is 0.457. The molecule has 2 aromatic rings. The van der Waals surface area contributed by atoms with Gasteiger partial charge in [0.25, 0.3) is 5.91 Å². The van der Waals surface area contributed by atoms with Crippen molar-refractivity contribution < 1.29 is 9.53 Å². The lowest BCUT2D eigenvalue weighted by Gasteiger charge is -2.14. The molecule has 0 bridgehead atoms. The number of ether oxygens (including phenoxy) is 1. The average Bonchev–Trinajstić information content (AvgIpc) is 2.84. The number of pyridine rings is 1. The molecule has 0 saturated carbocycles. The molecule has 1 aliphatic heterocycles. The van der Waals surface area contributed by atoms with Crippen molar-refractivity contribution in [1.82, 2.24) is 9.88 Å². The molecule has 3 rings (SSSR count). The summed E-state index contributed by atoms with van der Waals surface area (Å²) in [7, 11) is 1.63. The molecule has 0 aliphatic carbocycles. The second kappa shape index (κ2) is 6.93. The van der Waals surface area contributed by atoms with Gasteiger partial charge in [0.05, 0.1) is 18.6 Å². The Kier molecular flexibility index (Phi) is 4.73. The van der Waals surface area contributed by atoms with Crippen molar-refractivity contribution in [2.24, 2.45) is 0 Å². The minimum Gasteiger partial charge on any atom is -0.497 e. The van der Waals surface area contributed by atoms with Crippen molar-refractivity contribution in [3.63, 3.8) is 0 Å². The summed E-state index contributed by atoms with van der Waals surface area (Å²) in [6, 6.07) is 11.4. The number of rotatable bonds is 4. The molecule has 23 heavy (non-hydrogen) atoms. The topological polar surface area (TPSA) is 42.4 Å². The third-order valence-electron chi connectivity index (χ3n) is 3.36. The number of aromatic nitrogens is 1. The lowest BCUT2D eigenvalue weighted by atomic mass is 10.2. The minimum atomic E-state index is -0.0697. The monoisotopic (exact) mass is 342 g/mol. The van der Waals surface area contributed by atoms with Crippen LogP contribution in [0, 0.1) is 0 Å². The van der Waals surface area contributed by atoms with Gasteiger partial charge in [0, 0.05) is 12.4 Å². The molecule has 4 nitrogen and oxygen atoms in total. The molecule has 1 saturated heterocycles. The Morgan fingerprint density at radius 3 is 2.74 bits per heavy atom. The highest BCUT2D eigenvalue weighted by Gasteiger charge is 2.31. The third kappa shape index (κ3) is 3.60. The van der Waals surface area contributed by atoms with E-state index in [4.69, 9.17) is 17.0 Å². The first-order valence-electron chi connectivity index (χ1n) is 6.95. The van der Waals surface area contributed by atoms with Crippen molar-refractivity contribution in [3.05, 3.63) is 64.8 Å². The van der Waals surface area contributed by atoms with Crippen LogP contribution in [-0.2, 0) is 11.3 Å². The minimum absolute atomic E-state index is 0.0697. The zero-order valence-electron chi connectivity index (χ0n) is 12.4. The molecule has 0 unspecified atom stereocenters. The normalized spacial score (nSPS) is 16.2. The maximum absolute atomic E-state index is 12.6. The molecular weight excluding hydrogens is 328 g/mol. The van der Waals surface area contributed by atoms with E-state index in [1.165, 1.54) is 11.8 Å². The zero-order chi connectivity index (χ0) is 16.2. The summed E-state index contributed by atoms with van der Waals surface area (Å²) >= 11 is 6.67. The Morgan fingerprint density at radius 1 is 1.30 bits per heavy atom. The van der Waals surface area contributed by atoms with Crippen LogP contribution in [0.3, 0.4) is 0 Å². The Bertz CT molecular complexity index is 758. The lowest BCUT2D eigenvalue weighted by molar-refractivity contribution is -0.122. The number of benzene rings is 1. The van der Waals surface area contributed by atoms with Crippen LogP contribution in [0.15, 0.2) is 53.7 Å². The van der Waals surface area contributed by atoms with Crippen molar-refractivity contribution in [2.45, 2.75) is 6.54 Å². The van der Waals surface area contributed by atoms with Gasteiger partial charge < -0.3 is 4.74 Å². The van der Waals surface area contributed by atoms with Crippen LogP contribution in [0.1, 0.15) is 11.1 Å². The Balaban J connectivity index is 1.77. The largest absolute Gasteiger partial charge is 0.497 e. The summed E-state index contributed by atoms with van der Waals surface area (Å²) in [5.74, 6) is 0.718. The fourth-order valence-corrected chi connectivity index (χ4v) is 3.42. The highest BCUT2D eigenvalue weighted by molar-refractivity contribution is 8.26. The van der Waals surface area contributed by atoms with Gasteiger partial charge in [0.2, 0.25) is 0 Å². The van der Waals surface area contributed by atoms with Crippen LogP contribution in [0.25, 0.3) is 6.08 Å². The molecule has 1 fully saturated rings. The van der Waals surface area contributed by atoms with Crippen LogP contribution in [-0.4, -0.2) is 27.2 Å². The van der Waals surface area contributed by atoms with Crippen LogP contribution in [0.4, 0.5) is 0 Å². The van der Waals surface area contributed by atoms with Gasteiger partial charge in [0.1, 0.15) is 10.1 Å². The summed E-state index contributed by atoms with van der Waals surface area (Å²) in [5, 5.41) is 0. The summed E-state index contributed by atoms with van der Waals surface area (Å²) in [4.78, 5) is 18.8. The van der Waals surface area contributed by atoms with Crippen molar-refractivity contribution in [1.29, 1.82) is 0 Å². The molecule has 2 heterocycles. The van der Waals surface area contributed by atoms with Crippen LogP contribution in [0.5, 0.6) is 5.75 Å². The first-order valence-corrected chi connectivity index (χ1v) is 8.18. The number of hydrogen-bond donors (Lipinski definition) is 0. The van der Waals surface area contributed by atoms with Crippen molar-refractivity contribution in [3.8, 4) is 5.75 Å². The fourth-order valence-electron chi connectivity index (χ4n) is 2.16. The van der Waals surface area contributed by atoms with E-state index in [-0.39, 0.29) is 5.91 Å². The summed E-state index contributed by atoms with van der Waals surface area (Å²) in [6.07, 6.45) is 5.24. The maximum Gasteiger partial charge on any atom is 0.266 e. The van der Waals surface area contributed by atoms with E-state index in [1.54, 1.807) is 24.4 Å². The summed E-state index contributed by atoms with van der Waals surface area (Å²) in [5.41, 5.74) is 1.89. The number of carbonyl (C=O) groups is 1. The van der Waals surface area contributed by atoms with Crippen LogP contribution >= 0.6 is 24.0 Å². The SMILES string of the molecule is COc1ccc(CN2C(=O)/C(=C/c3cccnc3)SC2=S)cc1. The van der Waals surface area contributed by atoms with Gasteiger partial charge in [-0.3, -0.25) is 14.7 Å². The standard InChI is InChI=1S/C17H14N2O2S2/c1-21-14-6-4-12(5-7-14)11-19-16(20)15(23-17(19)22)9-13-3-2-8-18-10-13/h2-10H,11H2,1H3/b15-9-. The van der Waals surface area contributed by atoms with Crippen molar-refractivity contribution in [2.75, 3.05) is 7.11 Å². The van der Waals surface area contributed by atoms with E-state index in [0.717, 1.165) is 16.9 Å². The smallest absolute Gasteiger partial charge is 0.266 e. The predicted octanol–water partition coefficient (Wildman–Crippen LogP) is 3.49. The Morgan fingerprint density at radius 2 is 2.09 bits per heavy atom. The molecule has 0 spiro atoms. The van der Waals surface area contributed by atoms with E-state index in [9.17, 15) is 4.79 Å². The van der Waals surface area contributed by atoms with Crippen LogP contribution in [0.2, 0.25) is 0 Å². The zero-order valence-corrected chi connectivity index (χ0v) is 14.1. The highest BCUT2D eigenvalue weighted by atomic mass is 32.2. The fraction of sp³-hybridized carbons (Fsp3) is 0.118. The number of amides is 1. The van der Waals surface area contributed by atoms with Gasteiger partial charge in [-0.2, -0.15) is 0 Å². The highest BCUT2D eigenvalue weighted by Crippen LogP contribution is 2.33. The molecule has 1 aromatic heterocycles. The van der Waals surface area contributed by atoms with E-state index >= 15 is 0 Å². The average molecular weight is 342 g/mol. The molecule has 1 amide bonds. The first kappa shape index (κ1) is 15.7. The Labute approximate surface area is 144 Å². The molecule has 1 aliphatic rings. The van der Waals surface area contributed by atoms with E-state index in [0.29, 0.717) is 15.8 Å². The molecule has 6 heteroatoms. The van der Waals surface area contributed by atoms with Gasteiger partial charge in [-0.1, -0.05) is 42.2 Å². The molecule has 0 atom stereocenters. The van der Waals surface area contributed by atoms with E-state index < -0.39 is 0 Å². The summed E-state index contributed by atoms with van der Waals surface area (Å²) < 4.78 is 5.71. The number of carbonyl (C=O) groups excluding carboxylic acids is 1. The maximum atomic E-state index is 12.6. The third-order valence-corrected chi connectivity index (χ3v) is 4.73. The van der Waals surface area contributed by atoms with Crippen LogP contribution < -0.4 is 4.74 Å². The molecule has 1 aromatic carbocycles. The second-order valence-corrected chi connectivity index (χ2v) is 6.58. The predicted molar refractivity (Wildman–Crippen MR) is 95.9 cm³/mol. The van der Waals surface area contributed by atoms with Crippen molar-refractivity contribution >= 4 is 40.3 Å². The van der Waals surface area contributed by atoms with Gasteiger partial charge in [-0.05, 0) is 35.4 Å². The molecule has 116 valence electrons. The van der Waals surface area contributed by atoms with Gasteiger partial charge in [0.15, 0.2) is 0 Å². The molecular formula is C17H14N2O2S2. The lowest BCUT2D eigenvalue weighted by Crippen LogP contribution is -2.27. The number of methoxy groups -OCH3 is 1.